The number of aromatic nitrogens is 4. The first kappa shape index (κ1) is 28.6. The smallest absolute Gasteiger partial charge is 0.309 e. The maximum atomic E-state index is 13.3. The van der Waals surface area contributed by atoms with Crippen LogP contribution in [0.1, 0.15) is 70.9 Å². The summed E-state index contributed by atoms with van der Waals surface area (Å²) in [4.78, 5) is 70.1. The minimum absolute atomic E-state index is 0.0785. The molecule has 222 valence electrons. The molecule has 2 aromatic carbocycles. The first-order chi connectivity index (χ1) is 20.5. The zero-order valence-electron chi connectivity index (χ0n) is 23.4. The number of hydrogen-bond acceptors (Lipinski definition) is 9. The van der Waals surface area contributed by atoms with E-state index >= 15 is 0 Å². The Kier molecular flexibility index (Phi) is 7.08. The number of anilines is 2. The van der Waals surface area contributed by atoms with E-state index in [1.165, 1.54) is 10.7 Å². The minimum Gasteiger partial charge on any atom is -0.481 e. The summed E-state index contributed by atoms with van der Waals surface area (Å²) in [5, 5.41) is 23.3. The van der Waals surface area contributed by atoms with Crippen LogP contribution in [0.3, 0.4) is 0 Å². The van der Waals surface area contributed by atoms with Crippen molar-refractivity contribution in [3.63, 3.8) is 0 Å². The molecule has 4 aromatic rings. The first-order valence-corrected chi connectivity index (χ1v) is 14.6. The maximum Gasteiger partial charge on any atom is 0.309 e. The third kappa shape index (κ3) is 5.07. The fourth-order valence-electron chi connectivity index (χ4n) is 6.14. The van der Waals surface area contributed by atoms with Crippen molar-refractivity contribution < 1.29 is 19.5 Å². The van der Waals surface area contributed by atoms with Crippen LogP contribution >= 0.6 is 9.24 Å². The van der Waals surface area contributed by atoms with E-state index < -0.39 is 34.1 Å². The Hall–Kier alpha value is -4.51. The molecule has 1 atom stereocenters. The van der Waals surface area contributed by atoms with E-state index in [4.69, 9.17) is 0 Å². The van der Waals surface area contributed by atoms with Crippen LogP contribution in [0, 0.1) is 17.8 Å². The molecule has 3 aliphatic rings. The Balaban J connectivity index is 1.14. The van der Waals surface area contributed by atoms with Gasteiger partial charge in [0.2, 0.25) is 22.5 Å². The van der Waals surface area contributed by atoms with E-state index in [1.807, 2.05) is 0 Å². The Morgan fingerprint density at radius 3 is 2.37 bits per heavy atom. The SMILES string of the molecule is Cc1c(Nc2cc(CNC(=O)c3nc(C(=O)NCC45CCC(C(=O)O)(CC4)CC5)n4nccc4n3)ccc2P)c(=O)c1=O. The lowest BCUT2D eigenvalue weighted by molar-refractivity contribution is -0.158. The van der Waals surface area contributed by atoms with Crippen molar-refractivity contribution in [2.75, 3.05) is 11.9 Å². The molecule has 0 aliphatic heterocycles. The molecule has 3 aliphatic carbocycles. The van der Waals surface area contributed by atoms with Gasteiger partial charge in [-0.15, -0.1) is 9.24 Å². The van der Waals surface area contributed by atoms with E-state index in [9.17, 15) is 29.1 Å². The van der Waals surface area contributed by atoms with Crippen LogP contribution in [0.2, 0.25) is 0 Å². The first-order valence-electron chi connectivity index (χ1n) is 14.0. The fourth-order valence-corrected chi connectivity index (χ4v) is 6.40. The lowest BCUT2D eigenvalue weighted by Crippen LogP contribution is -2.50. The van der Waals surface area contributed by atoms with Gasteiger partial charge in [-0.3, -0.25) is 24.0 Å². The number of nitrogens with zero attached hydrogens (tertiary/aromatic N) is 4. The quantitative estimate of drug-likeness (QED) is 0.161. The van der Waals surface area contributed by atoms with Crippen LogP contribution in [0.5, 0.6) is 0 Å². The molecule has 7 rings (SSSR count). The lowest BCUT2D eigenvalue weighted by atomic mass is 9.53. The number of rotatable bonds is 9. The van der Waals surface area contributed by atoms with Gasteiger partial charge < -0.3 is 21.1 Å². The number of carbonyl (C=O) groups is 3. The number of carbonyl (C=O) groups excluding carboxylic acids is 2. The highest BCUT2D eigenvalue weighted by atomic mass is 31.0. The van der Waals surface area contributed by atoms with E-state index in [0.29, 0.717) is 42.6 Å². The number of benzene rings is 1. The van der Waals surface area contributed by atoms with E-state index in [-0.39, 0.29) is 34.9 Å². The molecular formula is C29H30N7O6P. The maximum absolute atomic E-state index is 13.3. The highest BCUT2D eigenvalue weighted by molar-refractivity contribution is 7.28. The van der Waals surface area contributed by atoms with E-state index in [0.717, 1.165) is 24.6 Å². The molecule has 2 bridgehead atoms. The van der Waals surface area contributed by atoms with Crippen LogP contribution in [-0.2, 0) is 11.3 Å². The topological polar surface area (TPSA) is 185 Å². The molecule has 3 saturated carbocycles. The summed E-state index contributed by atoms with van der Waals surface area (Å²) in [6.45, 7) is 2.08. The highest BCUT2D eigenvalue weighted by Gasteiger charge is 2.52. The van der Waals surface area contributed by atoms with Gasteiger partial charge in [-0.25, -0.2) is 4.98 Å². The summed E-state index contributed by atoms with van der Waals surface area (Å²) in [5.41, 5.74) is 0.372. The molecule has 0 spiro atoms. The van der Waals surface area contributed by atoms with Crippen molar-refractivity contribution in [2.24, 2.45) is 10.8 Å². The van der Waals surface area contributed by atoms with Gasteiger partial charge in [-0.2, -0.15) is 14.6 Å². The molecular weight excluding hydrogens is 573 g/mol. The summed E-state index contributed by atoms with van der Waals surface area (Å²) in [6, 6.07) is 6.93. The van der Waals surface area contributed by atoms with Crippen LogP contribution in [0.25, 0.3) is 5.65 Å². The zero-order chi connectivity index (χ0) is 30.5. The Labute approximate surface area is 247 Å². The summed E-state index contributed by atoms with van der Waals surface area (Å²) in [5.74, 6) is -2.10. The van der Waals surface area contributed by atoms with Gasteiger partial charge in [0.15, 0.2) is 5.65 Å². The van der Waals surface area contributed by atoms with Gasteiger partial charge in [0, 0.05) is 30.4 Å². The predicted molar refractivity (Wildman–Crippen MR) is 160 cm³/mol. The number of fused-ring (bicyclic) bond motifs is 4. The van der Waals surface area contributed by atoms with Gasteiger partial charge in [-0.1, -0.05) is 12.1 Å². The van der Waals surface area contributed by atoms with Gasteiger partial charge >= 0.3 is 5.97 Å². The predicted octanol–water partition coefficient (Wildman–Crippen LogP) is 1.36. The normalized spacial score (nSPS) is 21.2. The van der Waals surface area contributed by atoms with E-state index in [2.05, 4.69) is 40.3 Å². The van der Waals surface area contributed by atoms with Crippen LogP contribution < -0.4 is 32.1 Å². The number of nitrogens with one attached hydrogen (secondary N) is 3. The largest absolute Gasteiger partial charge is 0.481 e. The summed E-state index contributed by atoms with van der Waals surface area (Å²) in [6.07, 6.45) is 5.47. The van der Waals surface area contributed by atoms with Gasteiger partial charge in [0.05, 0.1) is 17.3 Å². The molecule has 43 heavy (non-hydrogen) atoms. The molecule has 3 fully saturated rings. The number of hydrogen-bond donors (Lipinski definition) is 4. The van der Waals surface area contributed by atoms with Crippen molar-refractivity contribution >= 4 is 49.3 Å². The zero-order valence-corrected chi connectivity index (χ0v) is 24.6. The second kappa shape index (κ2) is 10.6. The van der Waals surface area contributed by atoms with Crippen molar-refractivity contribution in [3.05, 3.63) is 73.7 Å². The summed E-state index contributed by atoms with van der Waals surface area (Å²) < 4.78 is 1.28. The summed E-state index contributed by atoms with van der Waals surface area (Å²) in [7, 11) is 2.55. The van der Waals surface area contributed by atoms with Crippen LogP contribution in [0.15, 0.2) is 40.1 Å². The number of carboxylic acids is 1. The van der Waals surface area contributed by atoms with E-state index in [1.54, 1.807) is 31.2 Å². The average Bonchev–Trinajstić information content (AvgIpc) is 3.51. The third-order valence-corrected chi connectivity index (χ3v) is 9.62. The second-order valence-electron chi connectivity index (χ2n) is 11.6. The third-order valence-electron chi connectivity index (χ3n) is 9.12. The Morgan fingerprint density at radius 2 is 1.70 bits per heavy atom. The van der Waals surface area contributed by atoms with Crippen LogP contribution in [-0.4, -0.2) is 49.0 Å². The minimum atomic E-state index is -0.730. The molecule has 0 saturated heterocycles. The monoisotopic (exact) mass is 603 g/mol. The summed E-state index contributed by atoms with van der Waals surface area (Å²) >= 11 is 0. The molecule has 2 heterocycles. The second-order valence-corrected chi connectivity index (χ2v) is 12.2. The van der Waals surface area contributed by atoms with Gasteiger partial charge in [0.1, 0.15) is 0 Å². The molecule has 13 nitrogen and oxygen atoms in total. The molecule has 2 aromatic heterocycles. The molecule has 2 amide bonds. The van der Waals surface area contributed by atoms with Gasteiger partial charge in [0.25, 0.3) is 11.8 Å². The Bertz CT molecular complexity index is 1850. The van der Waals surface area contributed by atoms with Crippen molar-refractivity contribution in [2.45, 2.75) is 52.0 Å². The molecule has 1 unspecified atom stereocenters. The highest BCUT2D eigenvalue weighted by Crippen LogP contribution is 2.56. The fraction of sp³-hybridized carbons (Fsp3) is 0.379. The molecule has 14 heteroatoms. The molecule has 4 N–H and O–H groups in total. The average molecular weight is 604 g/mol. The molecule has 0 radical (unpaired) electrons. The Morgan fingerprint density at radius 1 is 0.977 bits per heavy atom. The lowest BCUT2D eigenvalue weighted by Gasteiger charge is -2.51. The standard InChI is InChI=1S/C29H30N7O6P/c1-15-20(22(38)21(15)37)33-17-12-16(2-3-18(17)43)13-30-25(39)23-34-19-4-11-32-36(19)24(35-23)26(40)31-14-28-5-8-29(9-6-28,10-7-28)27(41)42/h2-4,11-12,33H,5-10,13-14,43H2,1H3,(H,30,39)(H,31,40)(H,41,42). The number of carboxylic acid groups (broad SMARTS) is 1. The van der Waals surface area contributed by atoms with Crippen LogP contribution in [0.4, 0.5) is 11.4 Å². The van der Waals surface area contributed by atoms with Crippen molar-refractivity contribution in [1.82, 2.24) is 30.2 Å². The number of aliphatic carboxylic acids is 1. The number of amides is 2. The van der Waals surface area contributed by atoms with Crippen molar-refractivity contribution in [1.29, 1.82) is 0 Å². The van der Waals surface area contributed by atoms with Crippen molar-refractivity contribution in [3.8, 4) is 0 Å². The van der Waals surface area contributed by atoms with Gasteiger partial charge in [-0.05, 0) is 67.8 Å².